The highest BCUT2D eigenvalue weighted by molar-refractivity contribution is 5.91. The van der Waals surface area contributed by atoms with Crippen LogP contribution in [-0.4, -0.2) is 67.2 Å². The maximum Gasteiger partial charge on any atom is 0.243 e. The Morgan fingerprint density at radius 3 is 2.80 bits per heavy atom. The molecular weight excluding hydrogens is 384 g/mol. The minimum absolute atomic E-state index is 0.0156. The van der Waals surface area contributed by atoms with Gasteiger partial charge >= 0.3 is 0 Å². The predicted molar refractivity (Wildman–Crippen MR) is 116 cm³/mol. The van der Waals surface area contributed by atoms with Gasteiger partial charge in [0.25, 0.3) is 0 Å². The highest BCUT2D eigenvalue weighted by atomic mass is 16.2. The zero-order chi connectivity index (χ0) is 22.6. The van der Waals surface area contributed by atoms with Gasteiger partial charge in [0.1, 0.15) is 12.3 Å². The molecule has 0 unspecified atom stereocenters. The first-order valence-electron chi connectivity index (χ1n) is 10.8. The van der Waals surface area contributed by atoms with Gasteiger partial charge < -0.3 is 31.8 Å². The Morgan fingerprint density at radius 1 is 1.37 bits per heavy atom. The van der Waals surface area contributed by atoms with E-state index < -0.39 is 18.1 Å². The smallest absolute Gasteiger partial charge is 0.243 e. The van der Waals surface area contributed by atoms with Gasteiger partial charge in [0.15, 0.2) is 5.96 Å². The van der Waals surface area contributed by atoms with Crippen LogP contribution in [0.25, 0.3) is 0 Å². The molecule has 1 aromatic rings. The number of aliphatic imine (C=N–C) groups is 1. The minimum atomic E-state index is -0.661. The van der Waals surface area contributed by atoms with E-state index in [9.17, 15) is 14.4 Å². The van der Waals surface area contributed by atoms with Crippen molar-refractivity contribution in [3.05, 3.63) is 35.9 Å². The standard InChI is InChI=1S/C21H32N6O3/c1-24-17(13-15-7-3-2-4-8-15)20(30)27-12-6-10-18(27)19(29)26-16(14-28)9-5-11-25-21(22)23/h2-4,7-8,14,16-18,24H,5-6,9-13H2,1H3,(H,26,29)(H4,22,23,25)/t16-,17-,18-/m0/s1/i1D. The van der Waals surface area contributed by atoms with E-state index >= 15 is 0 Å². The van der Waals surface area contributed by atoms with E-state index in [-0.39, 0.29) is 24.8 Å². The number of carbonyl (C=O) groups is 3. The van der Waals surface area contributed by atoms with Crippen LogP contribution in [0.2, 0.25) is 0 Å². The molecule has 2 amide bonds. The summed E-state index contributed by atoms with van der Waals surface area (Å²) in [5.41, 5.74) is 11.5. The van der Waals surface area contributed by atoms with Crippen LogP contribution in [0.4, 0.5) is 0 Å². The van der Waals surface area contributed by atoms with Crippen LogP contribution in [0.15, 0.2) is 35.3 Å². The normalized spacial score (nSPS) is 18.2. The summed E-state index contributed by atoms with van der Waals surface area (Å²) >= 11 is 0. The molecule has 0 aromatic heterocycles. The van der Waals surface area contributed by atoms with E-state index in [2.05, 4.69) is 15.6 Å². The molecule has 9 heteroatoms. The van der Waals surface area contributed by atoms with Crippen LogP contribution in [0.1, 0.15) is 32.6 Å². The number of likely N-dealkylation sites (N-methyl/N-ethyl adjacent to an activating group) is 1. The lowest BCUT2D eigenvalue weighted by atomic mass is 10.0. The largest absolute Gasteiger partial charge is 0.370 e. The van der Waals surface area contributed by atoms with Crippen LogP contribution in [-0.2, 0) is 20.8 Å². The van der Waals surface area contributed by atoms with Gasteiger partial charge in [0.2, 0.25) is 11.8 Å². The van der Waals surface area contributed by atoms with Crippen molar-refractivity contribution < 1.29 is 15.8 Å². The van der Waals surface area contributed by atoms with Gasteiger partial charge in [-0.15, -0.1) is 0 Å². The monoisotopic (exact) mass is 417 g/mol. The van der Waals surface area contributed by atoms with Crippen molar-refractivity contribution >= 4 is 24.1 Å². The van der Waals surface area contributed by atoms with Crippen molar-refractivity contribution in [3.8, 4) is 0 Å². The van der Waals surface area contributed by atoms with Crippen LogP contribution >= 0.6 is 0 Å². The first kappa shape index (κ1) is 21.8. The molecule has 1 saturated heterocycles. The Balaban J connectivity index is 1.98. The van der Waals surface area contributed by atoms with Gasteiger partial charge in [-0.1, -0.05) is 30.3 Å². The Morgan fingerprint density at radius 2 is 2.13 bits per heavy atom. The van der Waals surface area contributed by atoms with E-state index in [1.54, 1.807) is 4.90 Å². The average Bonchev–Trinajstić information content (AvgIpc) is 3.25. The highest BCUT2D eigenvalue weighted by Gasteiger charge is 2.37. The van der Waals surface area contributed by atoms with Crippen molar-refractivity contribution in [2.75, 3.05) is 20.1 Å². The SMILES string of the molecule is [2H]CN[C@@H](Cc1ccccc1)C(=O)N1CCC[C@H]1C(=O)N[C@H](C=O)CCCN=C(N)N. The molecule has 1 aliphatic heterocycles. The Labute approximate surface area is 178 Å². The third kappa shape index (κ3) is 6.84. The van der Waals surface area contributed by atoms with Gasteiger partial charge in [0, 0.05) is 14.5 Å². The molecule has 1 aliphatic rings. The molecule has 1 fully saturated rings. The molecule has 3 atom stereocenters. The number of nitrogens with zero attached hydrogens (tertiary/aromatic N) is 2. The zero-order valence-electron chi connectivity index (χ0n) is 18.1. The number of hydrogen-bond donors (Lipinski definition) is 4. The molecule has 0 bridgehead atoms. The molecule has 0 aliphatic carbocycles. The number of hydrogen-bond acceptors (Lipinski definition) is 5. The van der Waals surface area contributed by atoms with Crippen molar-refractivity contribution in [2.45, 2.75) is 50.2 Å². The van der Waals surface area contributed by atoms with Crippen molar-refractivity contribution in [3.63, 3.8) is 0 Å². The third-order valence-corrected chi connectivity index (χ3v) is 5.13. The van der Waals surface area contributed by atoms with E-state index in [0.29, 0.717) is 51.5 Å². The molecule has 0 saturated carbocycles. The van der Waals surface area contributed by atoms with Gasteiger partial charge in [0.05, 0.1) is 12.1 Å². The Bertz CT molecular complexity index is 757. The average molecular weight is 418 g/mol. The van der Waals surface area contributed by atoms with Gasteiger partial charge in [-0.05, 0) is 44.7 Å². The van der Waals surface area contributed by atoms with E-state index in [1.807, 2.05) is 30.3 Å². The minimum Gasteiger partial charge on any atom is -0.370 e. The molecular formula is C21H32N6O3. The molecule has 1 heterocycles. The number of likely N-dealkylation sites (tertiary alicyclic amines) is 1. The number of benzene rings is 1. The number of guanidine groups is 1. The second-order valence-corrected chi connectivity index (χ2v) is 7.34. The number of nitrogens with two attached hydrogens (primary N) is 2. The first-order chi connectivity index (χ1) is 15.0. The van der Waals surface area contributed by atoms with E-state index in [0.717, 1.165) is 5.56 Å². The van der Waals surface area contributed by atoms with Crippen molar-refractivity contribution in [1.82, 2.24) is 15.5 Å². The lowest BCUT2D eigenvalue weighted by molar-refractivity contribution is -0.140. The fourth-order valence-corrected chi connectivity index (χ4v) is 3.57. The quantitative estimate of drug-likeness (QED) is 0.166. The predicted octanol–water partition coefficient (Wildman–Crippen LogP) is -0.455. The maximum absolute atomic E-state index is 13.2. The Kier molecular flexibility index (Phi) is 8.64. The van der Waals surface area contributed by atoms with Gasteiger partial charge in [-0.25, -0.2) is 0 Å². The van der Waals surface area contributed by atoms with E-state index in [1.165, 1.54) is 0 Å². The molecule has 9 nitrogen and oxygen atoms in total. The second kappa shape index (κ2) is 11.9. The number of aldehydes is 1. The number of carbonyl (C=O) groups excluding carboxylic acids is 3. The van der Waals surface area contributed by atoms with Gasteiger partial charge in [-0.3, -0.25) is 14.6 Å². The van der Waals surface area contributed by atoms with Crippen molar-refractivity contribution in [2.24, 2.45) is 16.5 Å². The Hall–Kier alpha value is -2.94. The molecule has 30 heavy (non-hydrogen) atoms. The van der Waals surface area contributed by atoms with Gasteiger partial charge in [-0.2, -0.15) is 0 Å². The highest BCUT2D eigenvalue weighted by Crippen LogP contribution is 2.20. The molecule has 0 spiro atoms. The summed E-state index contributed by atoms with van der Waals surface area (Å²) in [6.45, 7) is 0.842. The number of nitrogens with one attached hydrogen (secondary N) is 2. The molecule has 164 valence electrons. The molecule has 6 N–H and O–H groups in total. The number of amides is 2. The maximum atomic E-state index is 13.2. The lowest BCUT2D eigenvalue weighted by Crippen LogP contribution is -2.54. The topological polar surface area (TPSA) is 143 Å². The van der Waals surface area contributed by atoms with Crippen LogP contribution < -0.4 is 22.1 Å². The fourth-order valence-electron chi connectivity index (χ4n) is 3.57. The lowest BCUT2D eigenvalue weighted by Gasteiger charge is -2.29. The summed E-state index contributed by atoms with van der Waals surface area (Å²) in [6.07, 6.45) is 3.32. The summed E-state index contributed by atoms with van der Waals surface area (Å²) < 4.78 is 7.50. The van der Waals surface area contributed by atoms with Crippen LogP contribution in [0.5, 0.6) is 0 Å². The summed E-state index contributed by atoms with van der Waals surface area (Å²) in [6, 6.07) is 7.68. The molecule has 1 aromatic carbocycles. The third-order valence-electron chi connectivity index (χ3n) is 5.13. The molecule has 2 rings (SSSR count). The van der Waals surface area contributed by atoms with E-state index in [4.69, 9.17) is 12.8 Å². The van der Waals surface area contributed by atoms with Crippen molar-refractivity contribution in [1.29, 1.82) is 0 Å². The summed E-state index contributed by atoms with van der Waals surface area (Å²) in [5.74, 6) is -0.559. The number of rotatable bonds is 11. The van der Waals surface area contributed by atoms with Crippen LogP contribution in [0, 0.1) is 0 Å². The zero-order valence-corrected chi connectivity index (χ0v) is 17.1. The molecule has 0 radical (unpaired) electrons. The second-order valence-electron chi connectivity index (χ2n) is 7.34. The summed E-state index contributed by atoms with van der Waals surface area (Å²) in [7, 11) is -0.100. The fraction of sp³-hybridized carbons (Fsp3) is 0.524. The first-order valence-corrected chi connectivity index (χ1v) is 10.1. The van der Waals surface area contributed by atoms with Crippen LogP contribution in [0.3, 0.4) is 0 Å². The summed E-state index contributed by atoms with van der Waals surface area (Å²) in [5, 5.41) is 5.65. The summed E-state index contributed by atoms with van der Waals surface area (Å²) in [4.78, 5) is 42.8.